The molecule has 6 nitrogen and oxygen atoms in total. The summed E-state index contributed by atoms with van der Waals surface area (Å²) < 4.78 is 15.0. The van der Waals surface area contributed by atoms with E-state index in [0.29, 0.717) is 18.3 Å². The van der Waals surface area contributed by atoms with E-state index in [1.807, 2.05) is 12.3 Å². The summed E-state index contributed by atoms with van der Waals surface area (Å²) in [5.41, 5.74) is 1.75. The van der Waals surface area contributed by atoms with Crippen molar-refractivity contribution >= 4 is 5.91 Å². The Hall–Kier alpha value is -2.25. The predicted octanol–water partition coefficient (Wildman–Crippen LogP) is 1.06. The topological polar surface area (TPSA) is 62.2 Å². The number of nitrogens with zero attached hydrogens (tertiary/aromatic N) is 3. The molecule has 2 N–H and O–H groups in total. The van der Waals surface area contributed by atoms with Crippen molar-refractivity contribution in [3.8, 4) is 5.69 Å². The van der Waals surface area contributed by atoms with Crippen molar-refractivity contribution in [2.24, 2.45) is 0 Å². The summed E-state index contributed by atoms with van der Waals surface area (Å²) in [5.74, 6) is -0.177. The minimum atomic E-state index is -0.277. The third-order valence-electron chi connectivity index (χ3n) is 4.61. The Morgan fingerprint density at radius 3 is 3.08 bits per heavy atom. The van der Waals surface area contributed by atoms with Crippen LogP contribution in [0.3, 0.4) is 0 Å². The molecular weight excluding hydrogens is 321 g/mol. The third-order valence-corrected chi connectivity index (χ3v) is 4.61. The molecule has 2 aliphatic rings. The van der Waals surface area contributed by atoms with Crippen molar-refractivity contribution in [1.82, 2.24) is 25.3 Å². The van der Waals surface area contributed by atoms with E-state index in [1.54, 1.807) is 16.9 Å². The fourth-order valence-electron chi connectivity index (χ4n) is 3.12. The van der Waals surface area contributed by atoms with Crippen LogP contribution < -0.4 is 10.6 Å². The summed E-state index contributed by atoms with van der Waals surface area (Å²) in [7, 11) is 0. The maximum atomic E-state index is 13.4. The number of carbonyl (C=O) groups excluding carboxylic acids is 1. The van der Waals surface area contributed by atoms with Crippen LogP contribution in [0.1, 0.15) is 18.4 Å². The molecule has 132 valence electrons. The van der Waals surface area contributed by atoms with Gasteiger partial charge < -0.3 is 10.6 Å². The molecule has 0 spiro atoms. The van der Waals surface area contributed by atoms with Crippen LogP contribution in [0.25, 0.3) is 5.69 Å². The lowest BCUT2D eigenvalue weighted by Gasteiger charge is -2.32. The van der Waals surface area contributed by atoms with Crippen molar-refractivity contribution < 1.29 is 9.18 Å². The van der Waals surface area contributed by atoms with Gasteiger partial charge in [0.1, 0.15) is 5.82 Å². The quantitative estimate of drug-likeness (QED) is 0.852. The number of nitrogens with one attached hydrogen (secondary N) is 2. The Labute approximate surface area is 146 Å². The summed E-state index contributed by atoms with van der Waals surface area (Å²) in [6, 6.07) is 6.59. The van der Waals surface area contributed by atoms with Crippen molar-refractivity contribution in [1.29, 1.82) is 0 Å². The molecule has 1 aliphatic carbocycles. The zero-order valence-corrected chi connectivity index (χ0v) is 14.0. The Morgan fingerprint density at radius 2 is 2.28 bits per heavy atom. The number of hydrogen-bond acceptors (Lipinski definition) is 4. The molecule has 1 aromatic heterocycles. The fourth-order valence-corrected chi connectivity index (χ4v) is 3.12. The van der Waals surface area contributed by atoms with Gasteiger partial charge in [-0.05, 0) is 31.0 Å². The van der Waals surface area contributed by atoms with E-state index >= 15 is 0 Å². The zero-order chi connectivity index (χ0) is 17.2. The first-order valence-corrected chi connectivity index (χ1v) is 8.73. The molecular formula is C18H22FN5O. The first-order valence-electron chi connectivity index (χ1n) is 8.73. The number of carbonyl (C=O) groups is 1. The van der Waals surface area contributed by atoms with Gasteiger partial charge in [0.15, 0.2) is 0 Å². The van der Waals surface area contributed by atoms with Gasteiger partial charge in [0.2, 0.25) is 5.91 Å². The van der Waals surface area contributed by atoms with Gasteiger partial charge in [-0.3, -0.25) is 9.69 Å². The largest absolute Gasteiger partial charge is 0.352 e. The molecule has 1 unspecified atom stereocenters. The van der Waals surface area contributed by atoms with Gasteiger partial charge in [-0.15, -0.1) is 0 Å². The lowest BCUT2D eigenvalue weighted by molar-refractivity contribution is -0.124. The molecule has 1 aromatic carbocycles. The molecule has 2 aromatic rings. The van der Waals surface area contributed by atoms with Crippen LogP contribution in [0, 0.1) is 5.82 Å². The highest BCUT2D eigenvalue weighted by Crippen LogP contribution is 2.19. The summed E-state index contributed by atoms with van der Waals surface area (Å²) in [6.45, 7) is 3.09. The average Bonchev–Trinajstić information content (AvgIpc) is 3.30. The van der Waals surface area contributed by atoms with Crippen LogP contribution >= 0.6 is 0 Å². The summed E-state index contributed by atoms with van der Waals surface area (Å²) in [5, 5.41) is 10.7. The summed E-state index contributed by atoms with van der Waals surface area (Å²) in [4.78, 5) is 14.5. The van der Waals surface area contributed by atoms with Gasteiger partial charge in [-0.25, -0.2) is 9.07 Å². The van der Waals surface area contributed by atoms with E-state index in [0.717, 1.165) is 38.0 Å². The number of piperazine rings is 1. The molecule has 25 heavy (non-hydrogen) atoms. The van der Waals surface area contributed by atoms with Crippen LogP contribution in [-0.2, 0) is 11.3 Å². The molecule has 1 atom stereocenters. The van der Waals surface area contributed by atoms with E-state index in [4.69, 9.17) is 0 Å². The van der Waals surface area contributed by atoms with Crippen LogP contribution in [0.4, 0.5) is 4.39 Å². The molecule has 1 saturated heterocycles. The first-order chi connectivity index (χ1) is 12.2. The maximum Gasteiger partial charge on any atom is 0.238 e. The molecule has 7 heteroatoms. The Bertz CT molecular complexity index is 757. The average molecular weight is 343 g/mol. The minimum Gasteiger partial charge on any atom is -0.352 e. The second kappa shape index (κ2) is 6.93. The molecule has 0 bridgehead atoms. The van der Waals surface area contributed by atoms with Crippen molar-refractivity contribution in [3.05, 3.63) is 48.0 Å². The molecule has 1 saturated carbocycles. The van der Waals surface area contributed by atoms with Gasteiger partial charge in [0.05, 0.1) is 17.9 Å². The molecule has 4 rings (SSSR count). The van der Waals surface area contributed by atoms with E-state index in [9.17, 15) is 9.18 Å². The number of halogens is 1. The highest BCUT2D eigenvalue weighted by Gasteiger charge is 2.30. The third kappa shape index (κ3) is 4.05. The number of amides is 1. The van der Waals surface area contributed by atoms with Gasteiger partial charge in [-0.1, -0.05) is 6.07 Å². The summed E-state index contributed by atoms with van der Waals surface area (Å²) >= 11 is 0. The summed E-state index contributed by atoms with van der Waals surface area (Å²) in [6.07, 6.45) is 5.91. The van der Waals surface area contributed by atoms with Crippen molar-refractivity contribution in [3.63, 3.8) is 0 Å². The SMILES string of the molecule is O=C(NC1CC1)C1CN(Cc2cnn(-c3cccc(F)c3)c2)CCN1. The Morgan fingerprint density at radius 1 is 1.40 bits per heavy atom. The van der Waals surface area contributed by atoms with E-state index in [1.165, 1.54) is 12.1 Å². The van der Waals surface area contributed by atoms with Crippen LogP contribution in [0.2, 0.25) is 0 Å². The van der Waals surface area contributed by atoms with Crippen LogP contribution in [-0.4, -0.2) is 52.3 Å². The lowest BCUT2D eigenvalue weighted by Crippen LogP contribution is -2.57. The van der Waals surface area contributed by atoms with E-state index < -0.39 is 0 Å². The molecule has 1 aliphatic heterocycles. The lowest BCUT2D eigenvalue weighted by atomic mass is 10.2. The predicted molar refractivity (Wildman–Crippen MR) is 91.8 cm³/mol. The smallest absolute Gasteiger partial charge is 0.238 e. The fraction of sp³-hybridized carbons (Fsp3) is 0.444. The van der Waals surface area contributed by atoms with Crippen molar-refractivity contribution in [2.45, 2.75) is 31.5 Å². The highest BCUT2D eigenvalue weighted by molar-refractivity contribution is 5.82. The Kier molecular flexibility index (Phi) is 4.50. The normalized spacial score (nSPS) is 21.2. The second-order valence-electron chi connectivity index (χ2n) is 6.80. The number of hydrogen-bond donors (Lipinski definition) is 2. The second-order valence-corrected chi connectivity index (χ2v) is 6.80. The molecule has 2 heterocycles. The molecule has 1 amide bonds. The maximum absolute atomic E-state index is 13.4. The number of benzene rings is 1. The van der Waals surface area contributed by atoms with Crippen molar-refractivity contribution in [2.75, 3.05) is 19.6 Å². The standard InChI is InChI=1S/C18H22FN5O/c19-14-2-1-3-16(8-14)24-11-13(9-21-24)10-23-7-6-20-17(12-23)18(25)22-15-4-5-15/h1-3,8-9,11,15,17,20H,4-7,10,12H2,(H,22,25). The van der Waals surface area contributed by atoms with Crippen LogP contribution in [0.15, 0.2) is 36.7 Å². The number of rotatable bonds is 5. The minimum absolute atomic E-state index is 0.0997. The zero-order valence-electron chi connectivity index (χ0n) is 14.0. The van der Waals surface area contributed by atoms with E-state index in [-0.39, 0.29) is 17.8 Å². The number of aromatic nitrogens is 2. The Balaban J connectivity index is 1.37. The molecule has 2 fully saturated rings. The monoisotopic (exact) mass is 343 g/mol. The van der Waals surface area contributed by atoms with E-state index in [2.05, 4.69) is 20.6 Å². The first kappa shape index (κ1) is 16.2. The van der Waals surface area contributed by atoms with Gasteiger partial charge >= 0.3 is 0 Å². The van der Waals surface area contributed by atoms with Gasteiger partial charge in [-0.2, -0.15) is 5.10 Å². The highest BCUT2D eigenvalue weighted by atomic mass is 19.1. The van der Waals surface area contributed by atoms with Gasteiger partial charge in [0, 0.05) is 44.0 Å². The van der Waals surface area contributed by atoms with Crippen LogP contribution in [0.5, 0.6) is 0 Å². The van der Waals surface area contributed by atoms with Gasteiger partial charge in [0.25, 0.3) is 0 Å². The molecule has 0 radical (unpaired) electrons.